The largest absolute Gasteiger partial charge is 0.326 e. The minimum absolute atomic E-state index is 0.0243. The van der Waals surface area contributed by atoms with Gasteiger partial charge in [0, 0.05) is 43.5 Å². The van der Waals surface area contributed by atoms with Crippen LogP contribution in [0.25, 0.3) is 0 Å². The average Bonchev–Trinajstić information content (AvgIpc) is 3.26. The van der Waals surface area contributed by atoms with Gasteiger partial charge in [0.25, 0.3) is 0 Å². The minimum atomic E-state index is -0.379. The lowest BCUT2D eigenvalue weighted by Gasteiger charge is -2.17. The molecule has 2 aliphatic heterocycles. The standard InChI is InChI=1S/C22H23N3O3/c1-14-3-6-19(7-4-14)25-13-17(12-21(25)27)22(28)23-18-5-8-20-16(11-18)9-10-24(20)15(2)26/h3-8,11,17H,9-10,12-13H2,1-2H3,(H,23,28)/t17-/m0/s1. The Balaban J connectivity index is 1.44. The second kappa shape index (κ2) is 7.11. The molecule has 144 valence electrons. The number of hydrogen-bond acceptors (Lipinski definition) is 3. The van der Waals surface area contributed by atoms with Crippen molar-refractivity contribution in [3.05, 3.63) is 53.6 Å². The number of aryl methyl sites for hydroxylation is 1. The van der Waals surface area contributed by atoms with Crippen molar-refractivity contribution in [2.45, 2.75) is 26.7 Å². The number of hydrogen-bond donors (Lipinski definition) is 1. The van der Waals surface area contributed by atoms with Crippen molar-refractivity contribution in [3.63, 3.8) is 0 Å². The van der Waals surface area contributed by atoms with E-state index in [1.54, 1.807) is 16.7 Å². The fraction of sp³-hybridized carbons (Fsp3) is 0.318. The van der Waals surface area contributed by atoms with E-state index in [-0.39, 0.29) is 30.1 Å². The topological polar surface area (TPSA) is 69.7 Å². The number of nitrogens with one attached hydrogen (secondary N) is 1. The summed E-state index contributed by atoms with van der Waals surface area (Å²) >= 11 is 0. The molecule has 0 spiro atoms. The highest BCUT2D eigenvalue weighted by molar-refractivity contribution is 6.03. The first-order chi connectivity index (χ1) is 13.4. The summed E-state index contributed by atoms with van der Waals surface area (Å²) in [6.07, 6.45) is 0.991. The SMILES string of the molecule is CC(=O)N1CCc2cc(NC(=O)[C@H]3CC(=O)N(c4ccc(C)cc4)C3)ccc21. The van der Waals surface area contributed by atoms with E-state index in [9.17, 15) is 14.4 Å². The number of fused-ring (bicyclic) bond motifs is 1. The number of amides is 3. The van der Waals surface area contributed by atoms with Gasteiger partial charge in [-0.05, 0) is 49.2 Å². The molecular formula is C22H23N3O3. The maximum Gasteiger partial charge on any atom is 0.229 e. The number of rotatable bonds is 3. The summed E-state index contributed by atoms with van der Waals surface area (Å²) in [5.41, 5.74) is 4.62. The first-order valence-electron chi connectivity index (χ1n) is 9.51. The summed E-state index contributed by atoms with van der Waals surface area (Å²) in [4.78, 5) is 40.2. The Hall–Kier alpha value is -3.15. The van der Waals surface area contributed by atoms with Crippen molar-refractivity contribution in [2.75, 3.05) is 28.2 Å². The molecule has 0 bridgehead atoms. The van der Waals surface area contributed by atoms with Gasteiger partial charge in [0.05, 0.1) is 5.92 Å². The van der Waals surface area contributed by atoms with Gasteiger partial charge in [0.2, 0.25) is 17.7 Å². The average molecular weight is 377 g/mol. The molecule has 28 heavy (non-hydrogen) atoms. The van der Waals surface area contributed by atoms with Crippen LogP contribution in [0.4, 0.5) is 17.1 Å². The minimum Gasteiger partial charge on any atom is -0.326 e. The highest BCUT2D eigenvalue weighted by Gasteiger charge is 2.35. The van der Waals surface area contributed by atoms with E-state index in [0.29, 0.717) is 18.8 Å². The highest BCUT2D eigenvalue weighted by atomic mass is 16.2. The third-order valence-corrected chi connectivity index (χ3v) is 5.46. The Bertz CT molecular complexity index is 952. The third kappa shape index (κ3) is 3.38. The Morgan fingerprint density at radius 2 is 1.86 bits per heavy atom. The molecule has 6 heteroatoms. The van der Waals surface area contributed by atoms with Gasteiger partial charge in [-0.2, -0.15) is 0 Å². The zero-order valence-corrected chi connectivity index (χ0v) is 16.1. The van der Waals surface area contributed by atoms with E-state index in [1.165, 1.54) is 0 Å². The first kappa shape index (κ1) is 18.2. The second-order valence-electron chi connectivity index (χ2n) is 7.49. The first-order valence-corrected chi connectivity index (χ1v) is 9.51. The Morgan fingerprint density at radius 3 is 2.57 bits per heavy atom. The van der Waals surface area contributed by atoms with Crippen molar-refractivity contribution < 1.29 is 14.4 Å². The van der Waals surface area contributed by atoms with E-state index >= 15 is 0 Å². The Kier molecular flexibility index (Phi) is 4.63. The van der Waals surface area contributed by atoms with Crippen molar-refractivity contribution in [3.8, 4) is 0 Å². The van der Waals surface area contributed by atoms with Gasteiger partial charge < -0.3 is 15.1 Å². The molecule has 1 N–H and O–H groups in total. The van der Waals surface area contributed by atoms with Crippen LogP contribution in [-0.4, -0.2) is 30.8 Å². The van der Waals surface area contributed by atoms with Crippen LogP contribution in [-0.2, 0) is 20.8 Å². The predicted octanol–water partition coefficient (Wildman–Crippen LogP) is 2.90. The molecule has 2 aromatic carbocycles. The predicted molar refractivity (Wildman–Crippen MR) is 108 cm³/mol. The van der Waals surface area contributed by atoms with Crippen molar-refractivity contribution in [2.24, 2.45) is 5.92 Å². The van der Waals surface area contributed by atoms with Gasteiger partial charge in [-0.25, -0.2) is 0 Å². The molecule has 2 aliphatic rings. The molecule has 1 saturated heterocycles. The van der Waals surface area contributed by atoms with Crippen LogP contribution in [0.3, 0.4) is 0 Å². The van der Waals surface area contributed by atoms with E-state index in [1.807, 2.05) is 49.4 Å². The molecule has 1 atom stereocenters. The molecule has 6 nitrogen and oxygen atoms in total. The molecule has 2 aromatic rings. The number of carbonyl (C=O) groups is 3. The fourth-order valence-electron chi connectivity index (χ4n) is 3.91. The van der Waals surface area contributed by atoms with Crippen LogP contribution in [0.5, 0.6) is 0 Å². The van der Waals surface area contributed by atoms with Gasteiger partial charge in [0.1, 0.15) is 0 Å². The van der Waals surface area contributed by atoms with Crippen LogP contribution in [0, 0.1) is 12.8 Å². The van der Waals surface area contributed by atoms with Crippen molar-refractivity contribution >= 4 is 34.8 Å². The van der Waals surface area contributed by atoms with E-state index in [4.69, 9.17) is 0 Å². The summed E-state index contributed by atoms with van der Waals surface area (Å²) in [5, 5.41) is 2.94. The third-order valence-electron chi connectivity index (χ3n) is 5.46. The van der Waals surface area contributed by atoms with Crippen LogP contribution < -0.4 is 15.1 Å². The lowest BCUT2D eigenvalue weighted by atomic mass is 10.1. The van der Waals surface area contributed by atoms with E-state index in [2.05, 4.69) is 5.32 Å². The molecule has 4 rings (SSSR count). The van der Waals surface area contributed by atoms with Gasteiger partial charge in [0.15, 0.2) is 0 Å². The fourth-order valence-corrected chi connectivity index (χ4v) is 3.91. The van der Waals surface area contributed by atoms with E-state index < -0.39 is 0 Å². The Labute approximate surface area is 164 Å². The number of benzene rings is 2. The molecule has 1 fully saturated rings. The summed E-state index contributed by atoms with van der Waals surface area (Å²) < 4.78 is 0. The van der Waals surface area contributed by atoms with Gasteiger partial charge in [-0.3, -0.25) is 14.4 Å². The number of anilines is 3. The zero-order chi connectivity index (χ0) is 19.8. The van der Waals surface area contributed by atoms with Crippen LogP contribution in [0.1, 0.15) is 24.5 Å². The maximum atomic E-state index is 12.7. The lowest BCUT2D eigenvalue weighted by molar-refractivity contribution is -0.122. The summed E-state index contributed by atoms with van der Waals surface area (Å²) in [5.74, 6) is -0.536. The quantitative estimate of drug-likeness (QED) is 0.894. The highest BCUT2D eigenvalue weighted by Crippen LogP contribution is 2.31. The van der Waals surface area contributed by atoms with Gasteiger partial charge >= 0.3 is 0 Å². The monoisotopic (exact) mass is 377 g/mol. The van der Waals surface area contributed by atoms with Crippen LogP contribution in [0.15, 0.2) is 42.5 Å². The zero-order valence-electron chi connectivity index (χ0n) is 16.1. The normalized spacial score (nSPS) is 18.4. The van der Waals surface area contributed by atoms with Crippen LogP contribution in [0.2, 0.25) is 0 Å². The molecule has 0 aromatic heterocycles. The van der Waals surface area contributed by atoms with Gasteiger partial charge in [-0.1, -0.05) is 17.7 Å². The molecule has 0 radical (unpaired) electrons. The maximum absolute atomic E-state index is 12.7. The molecular weight excluding hydrogens is 354 g/mol. The van der Waals surface area contributed by atoms with Gasteiger partial charge in [-0.15, -0.1) is 0 Å². The van der Waals surface area contributed by atoms with Crippen molar-refractivity contribution in [1.29, 1.82) is 0 Å². The smallest absolute Gasteiger partial charge is 0.229 e. The summed E-state index contributed by atoms with van der Waals surface area (Å²) in [6, 6.07) is 13.4. The molecule has 0 aliphatic carbocycles. The molecule has 0 saturated carbocycles. The Morgan fingerprint density at radius 1 is 1.11 bits per heavy atom. The number of carbonyl (C=O) groups excluding carboxylic acids is 3. The second-order valence-corrected chi connectivity index (χ2v) is 7.49. The molecule has 3 amide bonds. The molecule has 2 heterocycles. The lowest BCUT2D eigenvalue weighted by Crippen LogP contribution is -2.28. The van der Waals surface area contributed by atoms with E-state index in [0.717, 1.165) is 28.9 Å². The molecule has 0 unspecified atom stereocenters. The summed E-state index contributed by atoms with van der Waals surface area (Å²) in [6.45, 7) is 4.61. The summed E-state index contributed by atoms with van der Waals surface area (Å²) in [7, 11) is 0. The van der Waals surface area contributed by atoms with Crippen LogP contribution >= 0.6 is 0 Å². The number of nitrogens with zero attached hydrogens (tertiary/aromatic N) is 2. The van der Waals surface area contributed by atoms with Crippen molar-refractivity contribution in [1.82, 2.24) is 0 Å².